The van der Waals surface area contributed by atoms with Crippen LogP contribution in [0.1, 0.15) is 19.8 Å². The molecule has 0 aliphatic carbocycles. The first-order valence-corrected chi connectivity index (χ1v) is 8.42. The summed E-state index contributed by atoms with van der Waals surface area (Å²) in [5.74, 6) is 0.465. The van der Waals surface area contributed by atoms with Gasteiger partial charge in [0, 0.05) is 6.54 Å². The lowest BCUT2D eigenvalue weighted by molar-refractivity contribution is -0.149. The smallest absolute Gasteiger partial charge is 0.309 e. The van der Waals surface area contributed by atoms with Crippen molar-refractivity contribution in [2.24, 2.45) is 5.92 Å². The molecule has 0 saturated carbocycles. The number of hydrogen-bond donors (Lipinski definition) is 1. The Morgan fingerprint density at radius 1 is 1.39 bits per heavy atom. The first-order chi connectivity index (χ1) is 11.1. The Bertz CT molecular complexity index is 503. The molecule has 128 valence electrons. The van der Waals surface area contributed by atoms with Crippen LogP contribution >= 0.6 is 11.6 Å². The monoisotopic (exact) mass is 341 g/mol. The molecule has 6 heteroatoms. The molecule has 0 amide bonds. The number of esters is 1. The molecule has 0 spiro atoms. The average Bonchev–Trinajstić information content (AvgIpc) is 2.55. The SMILES string of the molecule is CCOC(=O)C1CCN(C[C@@H](O)COc2ccccc2Cl)CC1. The van der Waals surface area contributed by atoms with E-state index in [1.54, 1.807) is 12.1 Å². The molecular formula is C17H24ClNO4. The van der Waals surface area contributed by atoms with Crippen LogP contribution in [0, 0.1) is 5.92 Å². The number of carbonyl (C=O) groups is 1. The minimum atomic E-state index is -0.592. The van der Waals surface area contributed by atoms with Crippen LogP contribution in [0.2, 0.25) is 5.02 Å². The highest BCUT2D eigenvalue weighted by Gasteiger charge is 2.26. The van der Waals surface area contributed by atoms with Gasteiger partial charge in [-0.3, -0.25) is 4.79 Å². The Balaban J connectivity index is 1.69. The van der Waals surface area contributed by atoms with Crippen molar-refractivity contribution in [2.45, 2.75) is 25.9 Å². The van der Waals surface area contributed by atoms with Crippen molar-refractivity contribution in [3.05, 3.63) is 29.3 Å². The van der Waals surface area contributed by atoms with Gasteiger partial charge in [0.25, 0.3) is 0 Å². The largest absolute Gasteiger partial charge is 0.489 e. The maximum Gasteiger partial charge on any atom is 0.309 e. The van der Waals surface area contributed by atoms with Crippen molar-refractivity contribution in [3.63, 3.8) is 0 Å². The van der Waals surface area contributed by atoms with Crippen molar-refractivity contribution in [1.29, 1.82) is 0 Å². The van der Waals surface area contributed by atoms with Crippen LogP contribution in [0.3, 0.4) is 0 Å². The van der Waals surface area contributed by atoms with E-state index >= 15 is 0 Å². The molecule has 1 saturated heterocycles. The average molecular weight is 342 g/mol. The molecule has 0 bridgehead atoms. The van der Waals surface area contributed by atoms with Gasteiger partial charge in [0.2, 0.25) is 0 Å². The Kier molecular flexibility index (Phi) is 7.15. The molecule has 0 unspecified atom stereocenters. The zero-order valence-electron chi connectivity index (χ0n) is 13.4. The number of aliphatic hydroxyl groups is 1. The standard InChI is InChI=1S/C17H24ClNO4/c1-2-22-17(21)13-7-9-19(10-8-13)11-14(20)12-23-16-6-4-3-5-15(16)18/h3-6,13-14,20H,2,7-12H2,1H3/t14-/m1/s1. The molecule has 2 rings (SSSR count). The molecule has 1 atom stereocenters. The van der Waals surface area contributed by atoms with Crippen molar-refractivity contribution < 1.29 is 19.4 Å². The number of rotatable bonds is 7. The Hall–Kier alpha value is -1.30. The number of aliphatic hydroxyl groups excluding tert-OH is 1. The molecule has 1 aromatic rings. The van der Waals surface area contributed by atoms with Crippen molar-refractivity contribution in [3.8, 4) is 5.75 Å². The van der Waals surface area contributed by atoms with Crippen LogP contribution in [-0.4, -0.2) is 54.9 Å². The summed E-state index contributed by atoms with van der Waals surface area (Å²) in [6.45, 7) is 4.54. The Morgan fingerprint density at radius 3 is 2.74 bits per heavy atom. The van der Waals surface area contributed by atoms with Gasteiger partial charge in [0.15, 0.2) is 0 Å². The molecule has 1 heterocycles. The van der Waals surface area contributed by atoms with E-state index in [0.29, 0.717) is 23.9 Å². The van der Waals surface area contributed by atoms with Gasteiger partial charge in [0.1, 0.15) is 18.5 Å². The Labute approximate surface area is 142 Å². The van der Waals surface area contributed by atoms with E-state index in [9.17, 15) is 9.90 Å². The number of likely N-dealkylation sites (tertiary alicyclic amines) is 1. The molecule has 1 aliphatic heterocycles. The summed E-state index contributed by atoms with van der Waals surface area (Å²) in [5.41, 5.74) is 0. The predicted molar refractivity (Wildman–Crippen MR) is 88.8 cm³/mol. The lowest BCUT2D eigenvalue weighted by atomic mass is 9.97. The third-order valence-corrected chi connectivity index (χ3v) is 4.26. The summed E-state index contributed by atoms with van der Waals surface area (Å²) < 4.78 is 10.6. The fourth-order valence-electron chi connectivity index (χ4n) is 2.71. The molecule has 1 aromatic carbocycles. The van der Waals surface area contributed by atoms with E-state index in [0.717, 1.165) is 25.9 Å². The van der Waals surface area contributed by atoms with E-state index in [1.807, 2.05) is 19.1 Å². The quantitative estimate of drug-likeness (QED) is 0.771. The fourth-order valence-corrected chi connectivity index (χ4v) is 2.90. The van der Waals surface area contributed by atoms with E-state index in [4.69, 9.17) is 21.1 Å². The van der Waals surface area contributed by atoms with E-state index in [-0.39, 0.29) is 18.5 Å². The molecule has 1 aliphatic rings. The topological polar surface area (TPSA) is 59.0 Å². The molecule has 0 radical (unpaired) electrons. The minimum absolute atomic E-state index is 0.0114. The molecule has 1 N–H and O–H groups in total. The van der Waals surface area contributed by atoms with Gasteiger partial charge in [0.05, 0.1) is 17.5 Å². The van der Waals surface area contributed by atoms with Crippen LogP contribution < -0.4 is 4.74 Å². The second-order valence-electron chi connectivity index (χ2n) is 5.72. The summed E-state index contributed by atoms with van der Waals surface area (Å²) in [6, 6.07) is 7.20. The first kappa shape index (κ1) is 18.0. The summed E-state index contributed by atoms with van der Waals surface area (Å²) in [6.07, 6.45) is 0.957. The normalized spacial score (nSPS) is 17.7. The second-order valence-corrected chi connectivity index (χ2v) is 6.13. The van der Waals surface area contributed by atoms with E-state index in [1.165, 1.54) is 0 Å². The van der Waals surface area contributed by atoms with Crippen LogP contribution in [0.25, 0.3) is 0 Å². The molecule has 5 nitrogen and oxygen atoms in total. The molecule has 0 aromatic heterocycles. The summed E-state index contributed by atoms with van der Waals surface area (Å²) >= 11 is 6.01. The molecular weight excluding hydrogens is 318 g/mol. The number of β-amino-alcohol motifs (C(OH)–C–C–N with tert-alkyl or cyclic N) is 1. The number of nitrogens with zero attached hydrogens (tertiary/aromatic N) is 1. The number of benzene rings is 1. The van der Waals surface area contributed by atoms with Crippen molar-refractivity contribution >= 4 is 17.6 Å². The fraction of sp³-hybridized carbons (Fsp3) is 0.588. The number of para-hydroxylation sites is 1. The zero-order valence-corrected chi connectivity index (χ0v) is 14.2. The van der Waals surface area contributed by atoms with Crippen molar-refractivity contribution in [2.75, 3.05) is 32.8 Å². The lowest BCUT2D eigenvalue weighted by Gasteiger charge is -2.32. The van der Waals surface area contributed by atoms with Gasteiger partial charge < -0.3 is 19.5 Å². The van der Waals surface area contributed by atoms with Crippen LogP contribution in [0.5, 0.6) is 5.75 Å². The highest BCUT2D eigenvalue weighted by Crippen LogP contribution is 2.23. The van der Waals surface area contributed by atoms with Gasteiger partial charge in [-0.25, -0.2) is 0 Å². The van der Waals surface area contributed by atoms with Gasteiger partial charge in [-0.2, -0.15) is 0 Å². The highest BCUT2D eigenvalue weighted by atomic mass is 35.5. The zero-order chi connectivity index (χ0) is 16.7. The maximum atomic E-state index is 11.7. The van der Waals surface area contributed by atoms with Crippen LogP contribution in [0.4, 0.5) is 0 Å². The second kappa shape index (κ2) is 9.11. The summed E-state index contributed by atoms with van der Waals surface area (Å²) in [5, 5.41) is 10.6. The maximum absolute atomic E-state index is 11.7. The summed E-state index contributed by atoms with van der Waals surface area (Å²) in [4.78, 5) is 13.8. The predicted octanol–water partition coefficient (Wildman–Crippen LogP) is 2.35. The first-order valence-electron chi connectivity index (χ1n) is 8.04. The minimum Gasteiger partial charge on any atom is -0.489 e. The van der Waals surface area contributed by atoms with Gasteiger partial charge >= 0.3 is 5.97 Å². The van der Waals surface area contributed by atoms with Gasteiger partial charge in [-0.15, -0.1) is 0 Å². The summed E-state index contributed by atoms with van der Waals surface area (Å²) in [7, 11) is 0. The van der Waals surface area contributed by atoms with Crippen LogP contribution in [-0.2, 0) is 9.53 Å². The number of ether oxygens (including phenoxy) is 2. The van der Waals surface area contributed by atoms with Crippen LogP contribution in [0.15, 0.2) is 24.3 Å². The van der Waals surface area contributed by atoms with Crippen molar-refractivity contribution in [1.82, 2.24) is 4.90 Å². The molecule has 23 heavy (non-hydrogen) atoms. The number of hydrogen-bond acceptors (Lipinski definition) is 5. The van der Waals surface area contributed by atoms with Gasteiger partial charge in [-0.05, 0) is 45.0 Å². The Morgan fingerprint density at radius 2 is 2.09 bits per heavy atom. The molecule has 1 fully saturated rings. The van der Waals surface area contributed by atoms with E-state index in [2.05, 4.69) is 4.90 Å². The van der Waals surface area contributed by atoms with E-state index < -0.39 is 6.10 Å². The third kappa shape index (κ3) is 5.68. The lowest BCUT2D eigenvalue weighted by Crippen LogP contribution is -2.42. The highest BCUT2D eigenvalue weighted by molar-refractivity contribution is 6.32. The number of halogens is 1. The third-order valence-electron chi connectivity index (χ3n) is 3.94. The number of piperidine rings is 1. The van der Waals surface area contributed by atoms with Gasteiger partial charge in [-0.1, -0.05) is 23.7 Å². The number of carbonyl (C=O) groups excluding carboxylic acids is 1.